The van der Waals surface area contributed by atoms with Crippen molar-refractivity contribution in [2.45, 2.75) is 50.0 Å². The van der Waals surface area contributed by atoms with Crippen LogP contribution in [0, 0.1) is 5.92 Å². The zero-order valence-corrected chi connectivity index (χ0v) is 14.4. The van der Waals surface area contributed by atoms with Crippen molar-refractivity contribution in [2.75, 3.05) is 13.7 Å². The van der Waals surface area contributed by atoms with Crippen molar-refractivity contribution >= 4 is 17.0 Å². The number of hydrogen-bond acceptors (Lipinski definition) is 2. The average Bonchev–Trinajstić information content (AvgIpc) is 2.47. The first-order chi connectivity index (χ1) is 9.33. The molecule has 3 atom stereocenters. The molecule has 1 heterocycles. The summed E-state index contributed by atoms with van der Waals surface area (Å²) in [6, 6.07) is 7.50. The van der Waals surface area contributed by atoms with Gasteiger partial charge in [-0.3, -0.25) is 0 Å². The van der Waals surface area contributed by atoms with Crippen molar-refractivity contribution in [1.29, 1.82) is 0 Å². The molecule has 2 fully saturated rings. The molecule has 1 saturated carbocycles. The second-order valence-electron chi connectivity index (χ2n) is 6.55. The van der Waals surface area contributed by atoms with E-state index in [-0.39, 0.29) is 22.5 Å². The average molecular weight is 356 g/mol. The zero-order chi connectivity index (χ0) is 12.9. The van der Waals surface area contributed by atoms with E-state index in [1.165, 1.54) is 45.1 Å². The summed E-state index contributed by atoms with van der Waals surface area (Å²) in [6.45, 7) is 1.19. The Balaban J connectivity index is 0.000000807. The maximum Gasteiger partial charge on any atom is 0.119 e. The molecule has 118 valence electrons. The van der Waals surface area contributed by atoms with Crippen molar-refractivity contribution in [2.24, 2.45) is 5.92 Å². The number of piperidine rings is 1. The van der Waals surface area contributed by atoms with Crippen molar-refractivity contribution in [3.63, 3.8) is 0 Å². The molecular formula is C17H26BrNO2. The molecule has 0 amide bonds. The number of methoxy groups -OCH3 is 1. The van der Waals surface area contributed by atoms with E-state index in [9.17, 15) is 0 Å². The first kappa shape index (κ1) is 16.8. The van der Waals surface area contributed by atoms with Gasteiger partial charge in [-0.1, -0.05) is 18.9 Å². The third kappa shape index (κ3) is 2.41. The number of benzene rings is 1. The molecule has 0 radical (unpaired) electrons. The second-order valence-corrected chi connectivity index (χ2v) is 6.55. The molecule has 2 aliphatic carbocycles. The summed E-state index contributed by atoms with van der Waals surface area (Å²) in [5, 5.41) is 3.78. The first-order valence-electron chi connectivity index (χ1n) is 7.74. The standard InChI is InChI=1S/C17H23NO.BrH.H2O/c1-19-13-6-5-12-10-16-14-4-2-3-7-17(14,8-9-18-16)15(12)11-13;;/h5-6,11,14,16,18H,2-4,7-10H2,1H3;1H;1H2/t14-,16+,17+;;/m0../s1. The summed E-state index contributed by atoms with van der Waals surface area (Å²) in [4.78, 5) is 0. The van der Waals surface area contributed by atoms with Crippen LogP contribution in [-0.2, 0) is 11.8 Å². The van der Waals surface area contributed by atoms with Crippen molar-refractivity contribution < 1.29 is 10.2 Å². The third-order valence-electron chi connectivity index (χ3n) is 5.85. The van der Waals surface area contributed by atoms with Crippen LogP contribution in [0.2, 0.25) is 0 Å². The minimum atomic E-state index is 0. The number of rotatable bonds is 1. The number of halogens is 1. The molecule has 1 aromatic rings. The molecule has 0 aromatic heterocycles. The Morgan fingerprint density at radius 2 is 2.10 bits per heavy atom. The van der Waals surface area contributed by atoms with Crippen molar-refractivity contribution in [1.82, 2.24) is 5.32 Å². The van der Waals surface area contributed by atoms with Crippen LogP contribution in [0.25, 0.3) is 0 Å². The van der Waals surface area contributed by atoms with E-state index in [1.807, 2.05) is 0 Å². The van der Waals surface area contributed by atoms with E-state index < -0.39 is 0 Å². The maximum absolute atomic E-state index is 5.48. The molecule has 4 rings (SSSR count). The third-order valence-corrected chi connectivity index (χ3v) is 5.85. The molecular weight excluding hydrogens is 330 g/mol. The van der Waals surface area contributed by atoms with Gasteiger partial charge in [-0.05, 0) is 61.4 Å². The van der Waals surface area contributed by atoms with Crippen LogP contribution in [0.1, 0.15) is 43.2 Å². The number of hydrogen-bond donors (Lipinski definition) is 1. The molecule has 1 aliphatic heterocycles. The Labute approximate surface area is 137 Å². The van der Waals surface area contributed by atoms with Gasteiger partial charge in [-0.15, -0.1) is 17.0 Å². The van der Waals surface area contributed by atoms with Gasteiger partial charge in [0.15, 0.2) is 0 Å². The predicted molar refractivity (Wildman–Crippen MR) is 90.7 cm³/mol. The van der Waals surface area contributed by atoms with Crippen LogP contribution in [0.4, 0.5) is 0 Å². The van der Waals surface area contributed by atoms with Gasteiger partial charge in [0.1, 0.15) is 5.75 Å². The molecule has 3 N–H and O–H groups in total. The highest BCUT2D eigenvalue weighted by Gasteiger charge is 2.51. The summed E-state index contributed by atoms with van der Waals surface area (Å²) >= 11 is 0. The highest BCUT2D eigenvalue weighted by atomic mass is 79.9. The topological polar surface area (TPSA) is 52.8 Å². The molecule has 1 saturated heterocycles. The monoisotopic (exact) mass is 355 g/mol. The molecule has 3 nitrogen and oxygen atoms in total. The number of nitrogens with one attached hydrogen (secondary N) is 1. The Bertz CT molecular complexity index is 504. The lowest BCUT2D eigenvalue weighted by molar-refractivity contribution is 0.0795. The number of fused-ring (bicyclic) bond motifs is 1. The highest BCUT2D eigenvalue weighted by molar-refractivity contribution is 8.93. The molecule has 4 heteroatoms. The van der Waals surface area contributed by atoms with E-state index in [0.29, 0.717) is 5.41 Å². The lowest BCUT2D eigenvalue weighted by Gasteiger charge is -2.56. The predicted octanol–water partition coefficient (Wildman–Crippen LogP) is 2.79. The summed E-state index contributed by atoms with van der Waals surface area (Å²) in [6.07, 6.45) is 8.15. The fourth-order valence-corrected chi connectivity index (χ4v) is 5.03. The fraction of sp³-hybridized carbons (Fsp3) is 0.647. The van der Waals surface area contributed by atoms with Crippen LogP contribution in [-0.4, -0.2) is 25.2 Å². The van der Waals surface area contributed by atoms with Crippen molar-refractivity contribution in [3.8, 4) is 5.75 Å². The normalized spacial score (nSPS) is 32.8. The minimum absolute atomic E-state index is 0. The number of ether oxygens (including phenoxy) is 1. The van der Waals surface area contributed by atoms with Crippen LogP contribution in [0.15, 0.2) is 18.2 Å². The summed E-state index contributed by atoms with van der Waals surface area (Å²) in [5.74, 6) is 1.89. The maximum atomic E-state index is 5.48. The highest BCUT2D eigenvalue weighted by Crippen LogP contribution is 2.54. The Morgan fingerprint density at radius 1 is 1.24 bits per heavy atom. The molecule has 2 bridgehead atoms. The van der Waals surface area contributed by atoms with E-state index in [0.717, 1.165) is 17.7 Å². The van der Waals surface area contributed by atoms with Crippen LogP contribution in [0.5, 0.6) is 5.75 Å². The SMILES string of the molecule is Br.COc1ccc2c(c1)[C@@]13CCCC[C@H]1[C@@H](C2)NCC3.O. The van der Waals surface area contributed by atoms with Gasteiger partial charge >= 0.3 is 0 Å². The molecule has 0 unspecified atom stereocenters. The lowest BCUT2D eigenvalue weighted by atomic mass is 9.53. The lowest BCUT2D eigenvalue weighted by Crippen LogP contribution is -2.59. The Hall–Kier alpha value is -0.580. The molecule has 3 aliphatic rings. The van der Waals surface area contributed by atoms with Gasteiger partial charge in [0.2, 0.25) is 0 Å². The van der Waals surface area contributed by atoms with E-state index in [1.54, 1.807) is 18.2 Å². The van der Waals surface area contributed by atoms with Gasteiger partial charge < -0.3 is 15.5 Å². The van der Waals surface area contributed by atoms with Crippen LogP contribution in [0.3, 0.4) is 0 Å². The van der Waals surface area contributed by atoms with Crippen LogP contribution >= 0.6 is 17.0 Å². The smallest absolute Gasteiger partial charge is 0.119 e. The van der Waals surface area contributed by atoms with Crippen molar-refractivity contribution in [3.05, 3.63) is 29.3 Å². The van der Waals surface area contributed by atoms with Gasteiger partial charge in [-0.25, -0.2) is 0 Å². The fourth-order valence-electron chi connectivity index (χ4n) is 5.03. The van der Waals surface area contributed by atoms with Crippen LogP contribution < -0.4 is 10.1 Å². The summed E-state index contributed by atoms with van der Waals surface area (Å²) in [5.41, 5.74) is 3.64. The molecule has 0 spiro atoms. The van der Waals surface area contributed by atoms with E-state index >= 15 is 0 Å². The molecule has 1 aromatic carbocycles. The summed E-state index contributed by atoms with van der Waals surface area (Å²) < 4.78 is 5.48. The van der Waals surface area contributed by atoms with E-state index in [2.05, 4.69) is 23.5 Å². The minimum Gasteiger partial charge on any atom is -0.497 e. The Morgan fingerprint density at radius 3 is 2.90 bits per heavy atom. The summed E-state index contributed by atoms with van der Waals surface area (Å²) in [7, 11) is 1.78. The largest absolute Gasteiger partial charge is 0.497 e. The van der Waals surface area contributed by atoms with E-state index in [4.69, 9.17) is 4.74 Å². The first-order valence-corrected chi connectivity index (χ1v) is 7.74. The zero-order valence-electron chi connectivity index (χ0n) is 12.7. The van der Waals surface area contributed by atoms with Gasteiger partial charge in [0, 0.05) is 11.5 Å². The quantitative estimate of drug-likeness (QED) is 0.841. The van der Waals surface area contributed by atoms with Gasteiger partial charge in [0.05, 0.1) is 7.11 Å². The van der Waals surface area contributed by atoms with Gasteiger partial charge in [0.25, 0.3) is 0 Å². The van der Waals surface area contributed by atoms with Gasteiger partial charge in [-0.2, -0.15) is 0 Å². The second kappa shape index (κ2) is 6.27. The molecule has 21 heavy (non-hydrogen) atoms. The Kier molecular flexibility index (Phi) is 5.01.